The molecule has 1 heterocycles. The average Bonchev–Trinajstić information content (AvgIpc) is 1.96. The predicted octanol–water partition coefficient (Wildman–Crippen LogP) is -0.420. The van der Waals surface area contributed by atoms with Crippen molar-refractivity contribution in [3.05, 3.63) is 5.15 Å². The van der Waals surface area contributed by atoms with Gasteiger partial charge in [-0.2, -0.15) is 9.97 Å². The van der Waals surface area contributed by atoms with Gasteiger partial charge in [-0.05, 0) is 0 Å². The third-order valence-electron chi connectivity index (χ3n) is 1.05. The van der Waals surface area contributed by atoms with Gasteiger partial charge >= 0.3 is 0 Å². The zero-order valence-electron chi connectivity index (χ0n) is 5.50. The summed E-state index contributed by atoms with van der Waals surface area (Å²) in [4.78, 5) is 7.27. The van der Waals surface area contributed by atoms with E-state index in [-0.39, 0.29) is 22.6 Å². The molecule has 6 nitrogen and oxygen atoms in total. The van der Waals surface area contributed by atoms with Gasteiger partial charge in [0.1, 0.15) is 5.69 Å². The fraction of sp³-hybridized carbons (Fsp3) is 0. The summed E-state index contributed by atoms with van der Waals surface area (Å²) in [6.07, 6.45) is 0. The summed E-state index contributed by atoms with van der Waals surface area (Å²) in [5.74, 6) is 5.30. The van der Waals surface area contributed by atoms with Crippen LogP contribution in [0.25, 0.3) is 0 Å². The molecule has 0 aliphatic rings. The van der Waals surface area contributed by atoms with Crippen molar-refractivity contribution in [3.8, 4) is 0 Å². The molecule has 0 aliphatic heterocycles. The topological polar surface area (TPSA) is 116 Å². The first-order valence-electron chi connectivity index (χ1n) is 2.70. The number of nitrogens with one attached hydrogen (secondary N) is 1. The van der Waals surface area contributed by atoms with E-state index in [0.717, 1.165) is 0 Å². The quantitative estimate of drug-likeness (QED) is 0.261. The lowest BCUT2D eigenvalue weighted by atomic mass is 10.5. The fourth-order valence-electron chi connectivity index (χ4n) is 0.568. The van der Waals surface area contributed by atoms with E-state index in [1.165, 1.54) is 0 Å². The first-order valence-corrected chi connectivity index (χ1v) is 3.08. The first kappa shape index (κ1) is 7.83. The molecule has 7 N–H and O–H groups in total. The predicted molar refractivity (Wildman–Crippen MR) is 43.7 cm³/mol. The van der Waals surface area contributed by atoms with E-state index in [0.29, 0.717) is 0 Å². The highest BCUT2D eigenvalue weighted by atomic mass is 35.5. The summed E-state index contributed by atoms with van der Waals surface area (Å²) < 4.78 is 0. The second-order valence-electron chi connectivity index (χ2n) is 1.78. The lowest BCUT2D eigenvalue weighted by Crippen LogP contribution is -2.13. The lowest BCUT2D eigenvalue weighted by molar-refractivity contribution is 1.16. The maximum absolute atomic E-state index is 5.55. The lowest BCUT2D eigenvalue weighted by Gasteiger charge is -2.04. The molecule has 0 amide bonds. The smallest absolute Gasteiger partial charge is 0.223 e. The van der Waals surface area contributed by atoms with Gasteiger partial charge in [0.2, 0.25) is 5.95 Å². The molecule has 60 valence electrons. The van der Waals surface area contributed by atoms with Gasteiger partial charge in [0.25, 0.3) is 0 Å². The molecule has 0 atom stereocenters. The zero-order chi connectivity index (χ0) is 8.43. The Labute approximate surface area is 67.7 Å². The van der Waals surface area contributed by atoms with Crippen molar-refractivity contribution in [3.63, 3.8) is 0 Å². The second-order valence-corrected chi connectivity index (χ2v) is 2.14. The molecule has 1 aromatic rings. The molecule has 0 spiro atoms. The van der Waals surface area contributed by atoms with Crippen LogP contribution >= 0.6 is 11.6 Å². The fourth-order valence-corrected chi connectivity index (χ4v) is 0.744. The Morgan fingerprint density at radius 2 is 1.91 bits per heavy atom. The Kier molecular flexibility index (Phi) is 1.97. The standard InChI is InChI=1S/C4H7ClN6/c5-2-1(6)3(11-8)10-4(7)9-2/h6,8H2,(H3,7,9,10,11). The molecule has 0 radical (unpaired) electrons. The van der Waals surface area contributed by atoms with Crippen LogP contribution in [0.2, 0.25) is 5.15 Å². The number of rotatable bonds is 1. The molecule has 1 aromatic heterocycles. The molecule has 0 unspecified atom stereocenters. The van der Waals surface area contributed by atoms with Gasteiger partial charge in [-0.3, -0.25) is 0 Å². The van der Waals surface area contributed by atoms with Gasteiger partial charge < -0.3 is 16.9 Å². The minimum absolute atomic E-state index is 0.0251. The second kappa shape index (κ2) is 2.77. The van der Waals surface area contributed by atoms with Crippen molar-refractivity contribution in [2.45, 2.75) is 0 Å². The van der Waals surface area contributed by atoms with Crippen LogP contribution in [0.15, 0.2) is 0 Å². The highest BCUT2D eigenvalue weighted by Crippen LogP contribution is 2.22. The molecular weight excluding hydrogens is 168 g/mol. The summed E-state index contributed by atoms with van der Waals surface area (Å²) in [6, 6.07) is 0. The number of nitrogens with zero attached hydrogens (tertiary/aromatic N) is 2. The molecule has 0 bridgehead atoms. The van der Waals surface area contributed by atoms with Crippen LogP contribution in [0, 0.1) is 0 Å². The van der Waals surface area contributed by atoms with E-state index in [1.807, 2.05) is 0 Å². The van der Waals surface area contributed by atoms with Gasteiger partial charge in [0.05, 0.1) is 0 Å². The summed E-state index contributed by atoms with van der Waals surface area (Å²) in [6.45, 7) is 0. The Hall–Kier alpha value is -1.27. The van der Waals surface area contributed by atoms with E-state index in [4.69, 9.17) is 28.9 Å². The third kappa shape index (κ3) is 1.41. The summed E-state index contributed by atoms with van der Waals surface area (Å²) in [5, 5.41) is 0.0884. The molecule has 11 heavy (non-hydrogen) atoms. The maximum atomic E-state index is 5.55. The van der Waals surface area contributed by atoms with Crippen LogP contribution in [-0.2, 0) is 0 Å². The minimum atomic E-state index is 0.0251. The number of nitrogens with two attached hydrogens (primary N) is 3. The van der Waals surface area contributed by atoms with Crippen molar-refractivity contribution in [1.82, 2.24) is 9.97 Å². The van der Waals surface area contributed by atoms with Gasteiger partial charge in [0.15, 0.2) is 11.0 Å². The summed E-state index contributed by atoms with van der Waals surface area (Å²) in [5.41, 5.74) is 13.1. The van der Waals surface area contributed by atoms with E-state index in [9.17, 15) is 0 Å². The number of nitrogen functional groups attached to an aromatic ring is 3. The van der Waals surface area contributed by atoms with Crippen molar-refractivity contribution < 1.29 is 0 Å². The van der Waals surface area contributed by atoms with Gasteiger partial charge in [-0.15, -0.1) is 0 Å². The first-order chi connectivity index (χ1) is 5.15. The van der Waals surface area contributed by atoms with Crippen molar-refractivity contribution in [2.24, 2.45) is 5.84 Å². The molecule has 0 saturated heterocycles. The van der Waals surface area contributed by atoms with Crippen LogP contribution in [0.5, 0.6) is 0 Å². The molecule has 0 fully saturated rings. The molecule has 0 aromatic carbocycles. The molecule has 7 heteroatoms. The number of halogens is 1. The molecule has 1 rings (SSSR count). The van der Waals surface area contributed by atoms with E-state index in [2.05, 4.69) is 15.4 Å². The number of hydrogen-bond acceptors (Lipinski definition) is 6. The Bertz CT molecular complexity index is 274. The van der Waals surface area contributed by atoms with Crippen LogP contribution in [0.1, 0.15) is 0 Å². The maximum Gasteiger partial charge on any atom is 0.223 e. The molecule has 0 saturated carbocycles. The van der Waals surface area contributed by atoms with Crippen LogP contribution in [-0.4, -0.2) is 9.97 Å². The van der Waals surface area contributed by atoms with Gasteiger partial charge in [-0.25, -0.2) is 5.84 Å². The SMILES string of the molecule is NNc1nc(N)nc(Cl)c1N. The van der Waals surface area contributed by atoms with E-state index >= 15 is 0 Å². The Morgan fingerprint density at radius 3 is 2.45 bits per heavy atom. The van der Waals surface area contributed by atoms with Gasteiger partial charge in [-0.1, -0.05) is 11.6 Å². The third-order valence-corrected chi connectivity index (χ3v) is 1.34. The Balaban J connectivity index is 3.24. The highest BCUT2D eigenvalue weighted by Gasteiger charge is 2.06. The molecular formula is C4H7ClN6. The number of hydrazine groups is 1. The van der Waals surface area contributed by atoms with Crippen molar-refractivity contribution >= 4 is 29.1 Å². The van der Waals surface area contributed by atoms with Crippen LogP contribution in [0.4, 0.5) is 17.5 Å². The van der Waals surface area contributed by atoms with E-state index in [1.54, 1.807) is 0 Å². The van der Waals surface area contributed by atoms with Gasteiger partial charge in [0, 0.05) is 0 Å². The average molecular weight is 175 g/mol. The zero-order valence-corrected chi connectivity index (χ0v) is 6.26. The Morgan fingerprint density at radius 1 is 1.27 bits per heavy atom. The number of anilines is 3. The van der Waals surface area contributed by atoms with Crippen LogP contribution in [0.3, 0.4) is 0 Å². The van der Waals surface area contributed by atoms with E-state index < -0.39 is 0 Å². The minimum Gasteiger partial charge on any atom is -0.393 e. The largest absolute Gasteiger partial charge is 0.393 e. The highest BCUT2D eigenvalue weighted by molar-refractivity contribution is 6.32. The summed E-state index contributed by atoms with van der Waals surface area (Å²) >= 11 is 5.55. The van der Waals surface area contributed by atoms with Crippen molar-refractivity contribution in [1.29, 1.82) is 0 Å². The normalized spacial score (nSPS) is 9.64. The monoisotopic (exact) mass is 174 g/mol. The summed E-state index contributed by atoms with van der Waals surface area (Å²) in [7, 11) is 0. The molecule has 0 aliphatic carbocycles. The number of hydrogen-bond donors (Lipinski definition) is 4. The van der Waals surface area contributed by atoms with Crippen LogP contribution < -0.4 is 22.7 Å². The van der Waals surface area contributed by atoms with Crippen molar-refractivity contribution in [2.75, 3.05) is 16.9 Å². The number of aromatic nitrogens is 2.